The molecule has 1 fully saturated rings. The molecule has 21 heavy (non-hydrogen) atoms. The van der Waals surface area contributed by atoms with Crippen molar-refractivity contribution in [3.8, 4) is 0 Å². The molecule has 0 radical (unpaired) electrons. The molecular formula is C17H24ClN3. The van der Waals surface area contributed by atoms with E-state index in [0.717, 1.165) is 38.1 Å². The van der Waals surface area contributed by atoms with Crippen LogP contribution in [0.25, 0.3) is 10.9 Å². The second kappa shape index (κ2) is 6.63. The summed E-state index contributed by atoms with van der Waals surface area (Å²) in [5.41, 5.74) is 5.11. The van der Waals surface area contributed by atoms with Gasteiger partial charge in [-0.25, -0.2) is 4.98 Å². The summed E-state index contributed by atoms with van der Waals surface area (Å²) in [6.07, 6.45) is 1.04. The monoisotopic (exact) mass is 305 g/mol. The number of nitrogens with one attached hydrogen (secondary N) is 1. The average molecular weight is 306 g/mol. The van der Waals surface area contributed by atoms with E-state index in [1.807, 2.05) is 0 Å². The molecule has 0 atom stereocenters. The van der Waals surface area contributed by atoms with Crippen LogP contribution < -0.4 is 10.2 Å². The summed E-state index contributed by atoms with van der Waals surface area (Å²) in [4.78, 5) is 7.43. The number of anilines is 1. The third-order valence-electron chi connectivity index (χ3n) is 4.11. The van der Waals surface area contributed by atoms with E-state index in [-0.39, 0.29) is 12.4 Å². The SMILES string of the molecule is CCc1cc2cc(C)cc(C)c2nc1N1CCNCC1.Cl. The molecule has 4 heteroatoms. The standard InChI is InChI=1S/C17H23N3.ClH/c1-4-14-11-15-10-12(2)9-13(3)16(15)19-17(14)20-7-5-18-6-8-20;/h9-11,18H,4-8H2,1-3H3;1H. The molecule has 114 valence electrons. The van der Waals surface area contributed by atoms with Gasteiger partial charge >= 0.3 is 0 Å². The van der Waals surface area contributed by atoms with Crippen LogP contribution >= 0.6 is 12.4 Å². The van der Waals surface area contributed by atoms with Crippen LogP contribution in [0.5, 0.6) is 0 Å². The normalized spacial score (nSPS) is 15.1. The Kier molecular flexibility index (Phi) is 5.07. The predicted molar refractivity (Wildman–Crippen MR) is 92.9 cm³/mol. The molecule has 3 rings (SSSR count). The van der Waals surface area contributed by atoms with Gasteiger partial charge in [0.2, 0.25) is 0 Å². The summed E-state index contributed by atoms with van der Waals surface area (Å²) in [7, 11) is 0. The minimum Gasteiger partial charge on any atom is -0.354 e. The van der Waals surface area contributed by atoms with E-state index in [9.17, 15) is 0 Å². The van der Waals surface area contributed by atoms with Gasteiger partial charge < -0.3 is 10.2 Å². The zero-order chi connectivity index (χ0) is 14.1. The van der Waals surface area contributed by atoms with Crippen LogP contribution in [0, 0.1) is 13.8 Å². The number of rotatable bonds is 2. The maximum atomic E-state index is 5.01. The Hall–Kier alpha value is -1.32. The first kappa shape index (κ1) is 16.1. The summed E-state index contributed by atoms with van der Waals surface area (Å²) in [5.74, 6) is 1.19. The first-order valence-corrected chi connectivity index (χ1v) is 7.55. The van der Waals surface area contributed by atoms with Crippen LogP contribution in [0.15, 0.2) is 18.2 Å². The molecule has 0 bridgehead atoms. The van der Waals surface area contributed by atoms with Gasteiger partial charge in [-0.3, -0.25) is 0 Å². The van der Waals surface area contributed by atoms with E-state index in [0.29, 0.717) is 0 Å². The van der Waals surface area contributed by atoms with Crippen LogP contribution in [0.3, 0.4) is 0 Å². The summed E-state index contributed by atoms with van der Waals surface area (Å²) >= 11 is 0. The molecule has 0 saturated carbocycles. The molecule has 2 aromatic rings. The first-order valence-electron chi connectivity index (χ1n) is 7.55. The lowest BCUT2D eigenvalue weighted by Gasteiger charge is -2.30. The number of benzene rings is 1. The summed E-state index contributed by atoms with van der Waals surface area (Å²) < 4.78 is 0. The van der Waals surface area contributed by atoms with Gasteiger partial charge in [0, 0.05) is 31.6 Å². The number of pyridine rings is 1. The van der Waals surface area contributed by atoms with Crippen molar-refractivity contribution in [2.75, 3.05) is 31.1 Å². The van der Waals surface area contributed by atoms with Gasteiger partial charge in [0.1, 0.15) is 5.82 Å². The van der Waals surface area contributed by atoms with Crippen molar-refractivity contribution in [3.05, 3.63) is 34.9 Å². The number of fused-ring (bicyclic) bond motifs is 1. The molecule has 0 spiro atoms. The Morgan fingerprint density at radius 3 is 2.52 bits per heavy atom. The Morgan fingerprint density at radius 2 is 1.86 bits per heavy atom. The lowest BCUT2D eigenvalue weighted by molar-refractivity contribution is 0.584. The summed E-state index contributed by atoms with van der Waals surface area (Å²) in [6.45, 7) is 10.7. The highest BCUT2D eigenvalue weighted by Crippen LogP contribution is 2.27. The van der Waals surface area contributed by atoms with Gasteiger partial charge in [0.25, 0.3) is 0 Å². The van der Waals surface area contributed by atoms with Crippen molar-refractivity contribution < 1.29 is 0 Å². The molecule has 1 aliphatic rings. The second-order valence-corrected chi connectivity index (χ2v) is 5.72. The van der Waals surface area contributed by atoms with Crippen molar-refractivity contribution in [2.24, 2.45) is 0 Å². The largest absolute Gasteiger partial charge is 0.354 e. The molecule has 0 aliphatic carbocycles. The van der Waals surface area contributed by atoms with Gasteiger partial charge in [0.05, 0.1) is 5.52 Å². The molecule has 2 heterocycles. The fraction of sp³-hybridized carbons (Fsp3) is 0.471. The van der Waals surface area contributed by atoms with Crippen LogP contribution in [0.2, 0.25) is 0 Å². The van der Waals surface area contributed by atoms with Crippen LogP contribution in [-0.4, -0.2) is 31.2 Å². The minimum absolute atomic E-state index is 0. The van der Waals surface area contributed by atoms with E-state index in [1.165, 1.54) is 27.9 Å². The molecule has 1 N–H and O–H groups in total. The lowest BCUT2D eigenvalue weighted by atomic mass is 10.0. The molecule has 3 nitrogen and oxygen atoms in total. The lowest BCUT2D eigenvalue weighted by Crippen LogP contribution is -2.44. The average Bonchev–Trinajstić information content (AvgIpc) is 2.46. The molecule has 1 aromatic carbocycles. The van der Waals surface area contributed by atoms with Gasteiger partial charge in [-0.2, -0.15) is 0 Å². The summed E-state index contributed by atoms with van der Waals surface area (Å²) in [5, 5.41) is 4.68. The predicted octanol–water partition coefficient (Wildman–Crippen LogP) is 3.25. The number of piperazine rings is 1. The quantitative estimate of drug-likeness (QED) is 0.923. The van der Waals surface area contributed by atoms with Gasteiger partial charge in [-0.1, -0.05) is 18.6 Å². The van der Waals surface area contributed by atoms with Gasteiger partial charge in [0.15, 0.2) is 0 Å². The Labute approximate surface area is 133 Å². The minimum atomic E-state index is 0. The zero-order valence-electron chi connectivity index (χ0n) is 13.1. The van der Waals surface area contributed by atoms with E-state index < -0.39 is 0 Å². The molecule has 0 unspecified atom stereocenters. The van der Waals surface area contributed by atoms with E-state index >= 15 is 0 Å². The maximum absolute atomic E-state index is 5.01. The number of hydrogen-bond acceptors (Lipinski definition) is 3. The Balaban J connectivity index is 0.00000161. The maximum Gasteiger partial charge on any atom is 0.132 e. The van der Waals surface area contributed by atoms with Crippen molar-refractivity contribution in [1.82, 2.24) is 10.3 Å². The fourth-order valence-electron chi connectivity index (χ4n) is 3.10. The van der Waals surface area contributed by atoms with Crippen molar-refractivity contribution in [3.63, 3.8) is 0 Å². The number of aryl methyl sites for hydroxylation is 3. The smallest absolute Gasteiger partial charge is 0.132 e. The van der Waals surface area contributed by atoms with Gasteiger partial charge in [-0.05, 0) is 43.5 Å². The number of aromatic nitrogens is 1. The van der Waals surface area contributed by atoms with Gasteiger partial charge in [-0.15, -0.1) is 12.4 Å². The molecule has 1 aromatic heterocycles. The highest BCUT2D eigenvalue weighted by Gasteiger charge is 2.16. The molecular weight excluding hydrogens is 282 g/mol. The topological polar surface area (TPSA) is 28.2 Å². The number of halogens is 1. The van der Waals surface area contributed by atoms with E-state index in [2.05, 4.69) is 49.2 Å². The van der Waals surface area contributed by atoms with Crippen molar-refractivity contribution in [1.29, 1.82) is 0 Å². The highest BCUT2D eigenvalue weighted by atomic mass is 35.5. The first-order chi connectivity index (χ1) is 9.69. The van der Waals surface area contributed by atoms with Crippen molar-refractivity contribution in [2.45, 2.75) is 27.2 Å². The Morgan fingerprint density at radius 1 is 1.14 bits per heavy atom. The molecule has 0 amide bonds. The van der Waals surface area contributed by atoms with Crippen LogP contribution in [-0.2, 0) is 6.42 Å². The second-order valence-electron chi connectivity index (χ2n) is 5.72. The Bertz CT molecular complexity index is 633. The molecule has 1 aliphatic heterocycles. The van der Waals surface area contributed by atoms with Crippen LogP contribution in [0.4, 0.5) is 5.82 Å². The number of hydrogen-bond donors (Lipinski definition) is 1. The molecule has 1 saturated heterocycles. The highest BCUT2D eigenvalue weighted by molar-refractivity contribution is 5.86. The van der Waals surface area contributed by atoms with Crippen molar-refractivity contribution >= 4 is 29.1 Å². The van der Waals surface area contributed by atoms with Crippen LogP contribution in [0.1, 0.15) is 23.6 Å². The van der Waals surface area contributed by atoms with E-state index in [1.54, 1.807) is 0 Å². The fourth-order valence-corrected chi connectivity index (χ4v) is 3.10. The van der Waals surface area contributed by atoms with E-state index in [4.69, 9.17) is 4.98 Å². The summed E-state index contributed by atoms with van der Waals surface area (Å²) in [6, 6.07) is 6.80. The third-order valence-corrected chi connectivity index (χ3v) is 4.11. The number of nitrogens with zero attached hydrogens (tertiary/aromatic N) is 2. The zero-order valence-corrected chi connectivity index (χ0v) is 13.9. The third kappa shape index (κ3) is 3.14.